The zero-order valence-corrected chi connectivity index (χ0v) is 27.4. The monoisotopic (exact) mass is 667 g/mol. The average Bonchev–Trinajstić information content (AvgIpc) is 3.05. The van der Waals surface area contributed by atoms with E-state index in [1.54, 1.807) is 36.4 Å². The maximum atomic E-state index is 14.4. The number of ether oxygens (including phenoxy) is 1. The lowest BCUT2D eigenvalue weighted by Gasteiger charge is -2.34. The normalized spacial score (nSPS) is 11.8. The van der Waals surface area contributed by atoms with Crippen LogP contribution in [0.4, 0.5) is 5.69 Å². The zero-order valence-electron chi connectivity index (χ0n) is 25.0. The molecule has 4 rings (SSSR count). The first-order valence-electron chi connectivity index (χ1n) is 14.4. The van der Waals surface area contributed by atoms with Gasteiger partial charge in [-0.2, -0.15) is 0 Å². The maximum Gasteiger partial charge on any atom is 0.264 e. The van der Waals surface area contributed by atoms with Crippen molar-refractivity contribution >= 4 is 50.7 Å². The minimum Gasteiger partial charge on any atom is -0.497 e. The number of hydrogen-bond donors (Lipinski definition) is 1. The van der Waals surface area contributed by atoms with Crippen molar-refractivity contribution in [2.75, 3.05) is 24.5 Å². The van der Waals surface area contributed by atoms with Crippen molar-refractivity contribution in [2.45, 2.75) is 37.2 Å². The van der Waals surface area contributed by atoms with E-state index in [4.69, 9.17) is 27.9 Å². The van der Waals surface area contributed by atoms with Gasteiger partial charge in [-0.3, -0.25) is 13.9 Å². The molecule has 0 aliphatic heterocycles. The predicted octanol–water partition coefficient (Wildman–Crippen LogP) is 6.36. The van der Waals surface area contributed by atoms with Gasteiger partial charge in [-0.05, 0) is 72.1 Å². The van der Waals surface area contributed by atoms with Crippen molar-refractivity contribution in [2.24, 2.45) is 0 Å². The van der Waals surface area contributed by atoms with Crippen LogP contribution in [0.1, 0.15) is 24.5 Å². The number of methoxy groups -OCH3 is 1. The summed E-state index contributed by atoms with van der Waals surface area (Å²) < 4.78 is 34.4. The number of halogens is 2. The molecule has 1 N–H and O–H groups in total. The van der Waals surface area contributed by atoms with Crippen LogP contribution >= 0.6 is 23.2 Å². The molecule has 0 bridgehead atoms. The third kappa shape index (κ3) is 8.78. The van der Waals surface area contributed by atoms with Crippen LogP contribution in [0.15, 0.2) is 108 Å². The highest BCUT2D eigenvalue weighted by atomic mass is 35.5. The van der Waals surface area contributed by atoms with Gasteiger partial charge in [-0.1, -0.05) is 78.7 Å². The molecule has 1 unspecified atom stereocenters. The SMILES string of the molecule is CCCNC(=O)C(Cc1ccccc1)N(Cc1ccccc1Cl)C(=O)CN(c1ccc(Cl)cc1)S(=O)(=O)c1ccc(OC)cc1. The summed E-state index contributed by atoms with van der Waals surface area (Å²) in [6, 6.07) is 27.5. The maximum absolute atomic E-state index is 14.4. The summed E-state index contributed by atoms with van der Waals surface area (Å²) >= 11 is 12.7. The molecular weight excluding hydrogens is 633 g/mol. The van der Waals surface area contributed by atoms with Crippen molar-refractivity contribution in [1.29, 1.82) is 0 Å². The molecule has 8 nitrogen and oxygen atoms in total. The molecule has 0 fully saturated rings. The Hall–Kier alpha value is -4.05. The molecule has 0 spiro atoms. The molecule has 4 aromatic rings. The minimum absolute atomic E-state index is 0.0212. The second-order valence-electron chi connectivity index (χ2n) is 10.3. The lowest BCUT2D eigenvalue weighted by atomic mass is 10.0. The number of nitrogens with one attached hydrogen (secondary N) is 1. The van der Waals surface area contributed by atoms with Crippen LogP contribution in [0.2, 0.25) is 10.0 Å². The Morgan fingerprint density at radius 3 is 2.13 bits per heavy atom. The lowest BCUT2D eigenvalue weighted by Crippen LogP contribution is -2.53. The molecule has 236 valence electrons. The van der Waals surface area contributed by atoms with Gasteiger partial charge < -0.3 is 15.0 Å². The average molecular weight is 669 g/mol. The van der Waals surface area contributed by atoms with Crippen molar-refractivity contribution in [1.82, 2.24) is 10.2 Å². The molecule has 0 aliphatic carbocycles. The van der Waals surface area contributed by atoms with Gasteiger partial charge in [0.2, 0.25) is 11.8 Å². The molecule has 11 heteroatoms. The Balaban J connectivity index is 1.80. The molecule has 45 heavy (non-hydrogen) atoms. The standard InChI is InChI=1S/C34H35Cl2N3O5S/c1-3-21-37-34(41)32(22-25-9-5-4-6-10-25)38(23-26-11-7-8-12-31(26)36)33(40)24-39(28-15-13-27(35)14-16-28)45(42,43)30-19-17-29(44-2)18-20-30/h4-20,32H,3,21-24H2,1-2H3,(H,37,41). The molecule has 1 atom stereocenters. The molecule has 0 heterocycles. The fourth-order valence-electron chi connectivity index (χ4n) is 4.74. The largest absolute Gasteiger partial charge is 0.497 e. The highest BCUT2D eigenvalue weighted by Gasteiger charge is 2.34. The summed E-state index contributed by atoms with van der Waals surface area (Å²) in [5.41, 5.74) is 1.69. The van der Waals surface area contributed by atoms with Crippen molar-refractivity contribution in [3.63, 3.8) is 0 Å². The molecule has 0 radical (unpaired) electrons. The van der Waals surface area contributed by atoms with Gasteiger partial charge in [0.15, 0.2) is 0 Å². The molecule has 0 aromatic heterocycles. The van der Waals surface area contributed by atoms with E-state index in [0.29, 0.717) is 34.3 Å². The number of amides is 2. The van der Waals surface area contributed by atoms with Gasteiger partial charge >= 0.3 is 0 Å². The highest BCUT2D eigenvalue weighted by molar-refractivity contribution is 7.92. The number of nitrogens with zero attached hydrogens (tertiary/aromatic N) is 2. The third-order valence-electron chi connectivity index (χ3n) is 7.16. The quantitative estimate of drug-likeness (QED) is 0.169. The van der Waals surface area contributed by atoms with E-state index in [1.807, 2.05) is 37.3 Å². The summed E-state index contributed by atoms with van der Waals surface area (Å²) in [4.78, 5) is 29.5. The van der Waals surface area contributed by atoms with E-state index < -0.39 is 28.5 Å². The Bertz CT molecular complexity index is 1690. The molecule has 0 saturated heterocycles. The van der Waals surface area contributed by atoms with Crippen LogP contribution in [0.25, 0.3) is 0 Å². The highest BCUT2D eigenvalue weighted by Crippen LogP contribution is 2.28. The summed E-state index contributed by atoms with van der Waals surface area (Å²) in [7, 11) is -2.78. The van der Waals surface area contributed by atoms with Gasteiger partial charge in [-0.25, -0.2) is 8.42 Å². The van der Waals surface area contributed by atoms with Gasteiger partial charge in [0.25, 0.3) is 10.0 Å². The molecule has 0 aliphatic rings. The van der Waals surface area contributed by atoms with E-state index in [-0.39, 0.29) is 29.5 Å². The summed E-state index contributed by atoms with van der Waals surface area (Å²) in [5.74, 6) is -0.456. The number of rotatable bonds is 14. The minimum atomic E-state index is -4.26. The van der Waals surface area contributed by atoms with Crippen molar-refractivity contribution in [3.8, 4) is 5.75 Å². The topological polar surface area (TPSA) is 96.0 Å². The van der Waals surface area contributed by atoms with Crippen LogP contribution in [-0.2, 0) is 32.6 Å². The Morgan fingerprint density at radius 2 is 1.51 bits per heavy atom. The fourth-order valence-corrected chi connectivity index (χ4v) is 6.48. The van der Waals surface area contributed by atoms with Crippen LogP contribution in [0.3, 0.4) is 0 Å². The number of anilines is 1. The second-order valence-corrected chi connectivity index (χ2v) is 13.0. The Kier molecular flexibility index (Phi) is 11.9. The van der Waals surface area contributed by atoms with Gasteiger partial charge in [0, 0.05) is 29.6 Å². The van der Waals surface area contributed by atoms with Gasteiger partial charge in [-0.15, -0.1) is 0 Å². The number of hydrogen-bond acceptors (Lipinski definition) is 5. The van der Waals surface area contributed by atoms with Crippen molar-refractivity contribution < 1.29 is 22.7 Å². The van der Waals surface area contributed by atoms with E-state index in [0.717, 1.165) is 9.87 Å². The smallest absolute Gasteiger partial charge is 0.264 e. The summed E-state index contributed by atoms with van der Waals surface area (Å²) in [6.07, 6.45) is 0.908. The first-order chi connectivity index (χ1) is 21.6. The number of carbonyl (C=O) groups is 2. The van der Waals surface area contributed by atoms with E-state index >= 15 is 0 Å². The first kappa shape index (κ1) is 33.8. The van der Waals surface area contributed by atoms with Gasteiger partial charge in [0.05, 0.1) is 17.7 Å². The van der Waals surface area contributed by atoms with Gasteiger partial charge in [0.1, 0.15) is 18.3 Å². The van der Waals surface area contributed by atoms with E-state index in [9.17, 15) is 18.0 Å². The third-order valence-corrected chi connectivity index (χ3v) is 9.57. The molecule has 2 amide bonds. The lowest BCUT2D eigenvalue weighted by molar-refractivity contribution is -0.140. The summed E-state index contributed by atoms with van der Waals surface area (Å²) in [5, 5.41) is 3.75. The number of carbonyl (C=O) groups excluding carboxylic acids is 2. The molecule has 0 saturated carbocycles. The second kappa shape index (κ2) is 15.8. The predicted molar refractivity (Wildman–Crippen MR) is 178 cm³/mol. The van der Waals surface area contributed by atoms with Crippen LogP contribution in [0, 0.1) is 0 Å². The van der Waals surface area contributed by atoms with Crippen LogP contribution in [0.5, 0.6) is 5.75 Å². The Morgan fingerprint density at radius 1 is 0.867 bits per heavy atom. The fraction of sp³-hybridized carbons (Fsp3) is 0.235. The zero-order chi connectivity index (χ0) is 32.4. The van der Waals surface area contributed by atoms with Crippen LogP contribution < -0.4 is 14.4 Å². The first-order valence-corrected chi connectivity index (χ1v) is 16.6. The number of benzene rings is 4. The van der Waals surface area contributed by atoms with E-state index in [2.05, 4.69) is 5.32 Å². The molecule has 4 aromatic carbocycles. The van der Waals surface area contributed by atoms with Crippen molar-refractivity contribution in [3.05, 3.63) is 124 Å². The Labute approximate surface area is 274 Å². The number of sulfonamides is 1. The van der Waals surface area contributed by atoms with E-state index in [1.165, 1.54) is 48.4 Å². The summed E-state index contributed by atoms with van der Waals surface area (Å²) in [6.45, 7) is 1.74. The molecular formula is C34H35Cl2N3O5S. The van der Waals surface area contributed by atoms with Crippen LogP contribution in [-0.4, -0.2) is 51.4 Å².